The fraction of sp³-hybridized carbons (Fsp3) is 0.571. The Morgan fingerprint density at radius 3 is 2.77 bits per heavy atom. The molecule has 0 aliphatic heterocycles. The highest BCUT2D eigenvalue weighted by atomic mass is 79.9. The van der Waals surface area contributed by atoms with Gasteiger partial charge in [0.1, 0.15) is 6.54 Å². The maximum atomic E-state index is 12.7. The lowest BCUT2D eigenvalue weighted by Gasteiger charge is -2.31. The number of nitrogens with one attached hydrogen (secondary N) is 1. The molecule has 4 nitrogen and oxygen atoms in total. The van der Waals surface area contributed by atoms with Crippen molar-refractivity contribution in [1.82, 2.24) is 9.88 Å². The average Bonchev–Trinajstić information content (AvgIpc) is 2.42. The lowest BCUT2D eigenvalue weighted by molar-refractivity contribution is -0.184. The quantitative estimate of drug-likeness (QED) is 0.876. The van der Waals surface area contributed by atoms with Gasteiger partial charge in [-0.15, -0.1) is 0 Å². The van der Waals surface area contributed by atoms with E-state index in [4.69, 9.17) is 0 Å². The second-order valence-electron chi connectivity index (χ2n) is 5.48. The molecule has 0 spiro atoms. The Morgan fingerprint density at radius 1 is 1.36 bits per heavy atom. The van der Waals surface area contributed by atoms with Gasteiger partial charge in [-0.3, -0.25) is 9.59 Å². The van der Waals surface area contributed by atoms with Crippen LogP contribution in [0.4, 0.5) is 13.2 Å². The zero-order chi connectivity index (χ0) is 16.3. The van der Waals surface area contributed by atoms with Crippen molar-refractivity contribution in [3.05, 3.63) is 33.2 Å². The molecule has 1 aliphatic rings. The van der Waals surface area contributed by atoms with Crippen LogP contribution in [-0.2, 0) is 11.3 Å². The summed E-state index contributed by atoms with van der Waals surface area (Å²) < 4.78 is 40.1. The van der Waals surface area contributed by atoms with Gasteiger partial charge in [0.2, 0.25) is 5.91 Å². The van der Waals surface area contributed by atoms with Crippen molar-refractivity contribution in [2.24, 2.45) is 5.92 Å². The highest BCUT2D eigenvalue weighted by Gasteiger charge is 2.42. The molecule has 8 heteroatoms. The van der Waals surface area contributed by atoms with Crippen LogP contribution in [0.1, 0.15) is 25.7 Å². The predicted molar refractivity (Wildman–Crippen MR) is 78.3 cm³/mol. The van der Waals surface area contributed by atoms with Crippen molar-refractivity contribution < 1.29 is 18.0 Å². The van der Waals surface area contributed by atoms with Crippen LogP contribution < -0.4 is 10.9 Å². The first-order chi connectivity index (χ1) is 10.3. The van der Waals surface area contributed by atoms with Crippen LogP contribution in [0, 0.1) is 5.92 Å². The summed E-state index contributed by atoms with van der Waals surface area (Å²) in [6.07, 6.45) is -1.76. The number of hydrogen-bond acceptors (Lipinski definition) is 2. The predicted octanol–water partition coefficient (Wildman–Crippen LogP) is 2.85. The summed E-state index contributed by atoms with van der Waals surface area (Å²) in [4.78, 5) is 23.5. The van der Waals surface area contributed by atoms with Crippen LogP contribution in [0.5, 0.6) is 0 Å². The Morgan fingerprint density at radius 2 is 2.09 bits per heavy atom. The number of alkyl halides is 3. The van der Waals surface area contributed by atoms with Gasteiger partial charge in [-0.25, -0.2) is 0 Å². The van der Waals surface area contributed by atoms with Crippen LogP contribution in [0.2, 0.25) is 0 Å². The van der Waals surface area contributed by atoms with Gasteiger partial charge in [-0.2, -0.15) is 13.2 Å². The molecule has 1 aromatic rings. The van der Waals surface area contributed by atoms with Crippen molar-refractivity contribution in [2.75, 3.05) is 0 Å². The van der Waals surface area contributed by atoms with Gasteiger partial charge in [0, 0.05) is 22.8 Å². The Bertz CT molecular complexity index is 600. The number of carbonyl (C=O) groups is 1. The van der Waals surface area contributed by atoms with Crippen LogP contribution in [-0.4, -0.2) is 22.7 Å². The van der Waals surface area contributed by atoms with Gasteiger partial charge in [-0.05, 0) is 41.3 Å². The molecule has 0 radical (unpaired) electrons. The normalized spacial score (nSPS) is 22.4. The molecule has 1 amide bonds. The first-order valence-corrected chi connectivity index (χ1v) is 7.77. The molecule has 1 fully saturated rings. The van der Waals surface area contributed by atoms with Crippen LogP contribution in [0.3, 0.4) is 0 Å². The lowest BCUT2D eigenvalue weighted by atomic mass is 9.85. The molecule has 1 aromatic heterocycles. The molecule has 1 N–H and O–H groups in total. The highest BCUT2D eigenvalue weighted by molar-refractivity contribution is 9.10. The Hall–Kier alpha value is -1.31. The summed E-state index contributed by atoms with van der Waals surface area (Å²) in [5.41, 5.74) is -0.338. The molecule has 1 aliphatic carbocycles. The van der Waals surface area contributed by atoms with E-state index in [1.807, 2.05) is 0 Å². The van der Waals surface area contributed by atoms with E-state index in [0.717, 1.165) is 0 Å². The fourth-order valence-corrected chi connectivity index (χ4v) is 3.05. The van der Waals surface area contributed by atoms with Gasteiger partial charge in [0.05, 0.1) is 5.92 Å². The van der Waals surface area contributed by atoms with E-state index >= 15 is 0 Å². The molecule has 0 bridgehead atoms. The molecule has 1 saturated carbocycles. The van der Waals surface area contributed by atoms with Crippen molar-refractivity contribution in [1.29, 1.82) is 0 Å². The maximum absolute atomic E-state index is 12.7. The van der Waals surface area contributed by atoms with Gasteiger partial charge in [0.25, 0.3) is 5.56 Å². The summed E-state index contributed by atoms with van der Waals surface area (Å²) in [5, 5.41) is 2.60. The summed E-state index contributed by atoms with van der Waals surface area (Å²) in [6, 6.07) is 2.39. The van der Waals surface area contributed by atoms with Gasteiger partial charge in [0.15, 0.2) is 0 Å². The lowest BCUT2D eigenvalue weighted by Crippen LogP contribution is -2.43. The zero-order valence-electron chi connectivity index (χ0n) is 11.7. The molecule has 0 aromatic carbocycles. The van der Waals surface area contributed by atoms with E-state index in [9.17, 15) is 22.8 Å². The third-order valence-corrected chi connectivity index (χ3v) is 4.23. The number of carbonyl (C=O) groups excluding carboxylic acids is 1. The number of halogens is 4. The molecule has 2 unspecified atom stereocenters. The molecule has 2 rings (SSSR count). The topological polar surface area (TPSA) is 51.1 Å². The molecular weight excluding hydrogens is 365 g/mol. The second kappa shape index (κ2) is 6.85. The maximum Gasteiger partial charge on any atom is 0.391 e. The number of hydrogen-bond donors (Lipinski definition) is 1. The smallest absolute Gasteiger partial charge is 0.352 e. The van der Waals surface area contributed by atoms with Crippen LogP contribution >= 0.6 is 15.9 Å². The number of amides is 1. The minimum atomic E-state index is -4.22. The van der Waals surface area contributed by atoms with E-state index in [-0.39, 0.29) is 24.9 Å². The zero-order valence-corrected chi connectivity index (χ0v) is 13.3. The third-order valence-electron chi connectivity index (χ3n) is 3.76. The van der Waals surface area contributed by atoms with Crippen molar-refractivity contribution in [3.8, 4) is 0 Å². The summed E-state index contributed by atoms with van der Waals surface area (Å²) in [6.45, 7) is -0.203. The van der Waals surface area contributed by atoms with E-state index in [1.165, 1.54) is 16.8 Å². The number of aromatic nitrogens is 1. The third kappa shape index (κ3) is 4.59. The second-order valence-corrected chi connectivity index (χ2v) is 6.40. The monoisotopic (exact) mass is 380 g/mol. The SMILES string of the molecule is O=C(Cn1cc(Br)ccc1=O)NC1CCCC(C(F)(F)F)C1. The van der Waals surface area contributed by atoms with Crippen molar-refractivity contribution in [3.63, 3.8) is 0 Å². The number of nitrogens with zero attached hydrogens (tertiary/aromatic N) is 1. The van der Waals surface area contributed by atoms with E-state index in [2.05, 4.69) is 21.2 Å². The largest absolute Gasteiger partial charge is 0.391 e. The summed E-state index contributed by atoms with van der Waals surface area (Å²) >= 11 is 3.20. The summed E-state index contributed by atoms with van der Waals surface area (Å²) in [7, 11) is 0. The van der Waals surface area contributed by atoms with Gasteiger partial charge in [-0.1, -0.05) is 6.42 Å². The molecule has 0 saturated heterocycles. The standard InChI is InChI=1S/C14H16BrF3N2O2/c15-10-4-5-13(22)20(7-10)8-12(21)19-11-3-1-2-9(6-11)14(16,17)18/h4-5,7,9,11H,1-3,6,8H2,(H,19,21). The van der Waals surface area contributed by atoms with E-state index in [0.29, 0.717) is 17.3 Å². The van der Waals surface area contributed by atoms with Crippen molar-refractivity contribution in [2.45, 2.75) is 44.4 Å². The van der Waals surface area contributed by atoms with E-state index in [1.54, 1.807) is 6.07 Å². The first-order valence-electron chi connectivity index (χ1n) is 6.98. The first kappa shape index (κ1) is 17.1. The summed E-state index contributed by atoms with van der Waals surface area (Å²) in [5.74, 6) is -1.81. The molecule has 122 valence electrons. The minimum Gasteiger partial charge on any atom is -0.352 e. The van der Waals surface area contributed by atoms with Crippen LogP contribution in [0.25, 0.3) is 0 Å². The van der Waals surface area contributed by atoms with Gasteiger partial charge >= 0.3 is 6.18 Å². The Labute approximate surface area is 133 Å². The molecule has 2 atom stereocenters. The molecule has 22 heavy (non-hydrogen) atoms. The number of rotatable bonds is 3. The van der Waals surface area contributed by atoms with Crippen molar-refractivity contribution >= 4 is 21.8 Å². The average molecular weight is 381 g/mol. The van der Waals surface area contributed by atoms with E-state index < -0.39 is 24.0 Å². The van der Waals surface area contributed by atoms with Gasteiger partial charge < -0.3 is 9.88 Å². The van der Waals surface area contributed by atoms with Crippen LogP contribution in [0.15, 0.2) is 27.6 Å². The molecule has 1 heterocycles. The number of pyridine rings is 1. The highest BCUT2D eigenvalue weighted by Crippen LogP contribution is 2.37. The molecular formula is C14H16BrF3N2O2. The fourth-order valence-electron chi connectivity index (χ4n) is 2.67. The minimum absolute atomic E-state index is 0.0946. The Kier molecular flexibility index (Phi) is 5.31. The Balaban J connectivity index is 1.94.